The highest BCUT2D eigenvalue weighted by Crippen LogP contribution is 2.20. The second kappa shape index (κ2) is 8.06. The van der Waals surface area contributed by atoms with Gasteiger partial charge in [-0.3, -0.25) is 9.59 Å². The van der Waals surface area contributed by atoms with Crippen molar-refractivity contribution in [3.8, 4) is 0 Å². The lowest BCUT2D eigenvalue weighted by atomic mass is 10.1. The molecule has 0 unspecified atom stereocenters. The fraction of sp³-hybridized carbons (Fsp3) is 0.222. The number of aryl methyl sites for hydroxylation is 1. The maximum atomic E-state index is 13.6. The van der Waals surface area contributed by atoms with Gasteiger partial charge in [-0.2, -0.15) is 0 Å². The number of hydrogen-bond donors (Lipinski definition) is 1. The first kappa shape index (κ1) is 18.1. The Balaban J connectivity index is 1.93. The molecule has 0 atom stereocenters. The number of likely N-dealkylation sites (N-methyl/N-ethyl adjacent to an activating group) is 1. The molecule has 126 valence electrons. The smallest absolute Gasteiger partial charge is 0.243 e. The lowest BCUT2D eigenvalue weighted by Gasteiger charge is -2.17. The van der Waals surface area contributed by atoms with Crippen molar-refractivity contribution in [1.82, 2.24) is 4.90 Å². The van der Waals surface area contributed by atoms with E-state index in [1.54, 1.807) is 24.3 Å². The molecule has 0 saturated heterocycles. The largest absolute Gasteiger partial charge is 0.336 e. The van der Waals surface area contributed by atoms with Gasteiger partial charge in [-0.05, 0) is 42.3 Å². The van der Waals surface area contributed by atoms with Crippen LogP contribution in [0, 0.1) is 12.7 Å². The van der Waals surface area contributed by atoms with Crippen molar-refractivity contribution in [1.29, 1.82) is 0 Å². The summed E-state index contributed by atoms with van der Waals surface area (Å²) in [4.78, 5) is 25.5. The van der Waals surface area contributed by atoms with E-state index in [0.717, 1.165) is 10.0 Å². The van der Waals surface area contributed by atoms with Gasteiger partial charge in [-0.15, -0.1) is 0 Å². The first-order valence-electron chi connectivity index (χ1n) is 7.40. The minimum atomic E-state index is -0.422. The molecule has 2 rings (SSSR count). The first-order chi connectivity index (χ1) is 11.4. The quantitative estimate of drug-likeness (QED) is 0.845. The predicted octanol–water partition coefficient (Wildman–Crippen LogP) is 3.54. The molecule has 2 aromatic rings. The highest BCUT2D eigenvalue weighted by Gasteiger charge is 2.15. The summed E-state index contributed by atoms with van der Waals surface area (Å²) in [5.74, 6) is -1.04. The highest BCUT2D eigenvalue weighted by molar-refractivity contribution is 9.10. The molecule has 1 N–H and O–H groups in total. The Labute approximate surface area is 148 Å². The second-order valence-corrected chi connectivity index (χ2v) is 6.44. The third-order valence-corrected chi connectivity index (χ3v) is 4.06. The van der Waals surface area contributed by atoms with Crippen molar-refractivity contribution in [2.45, 2.75) is 13.3 Å². The molecule has 0 bridgehead atoms. The number of rotatable bonds is 5. The monoisotopic (exact) mass is 392 g/mol. The number of hydrogen-bond acceptors (Lipinski definition) is 2. The van der Waals surface area contributed by atoms with Crippen LogP contribution in [0.25, 0.3) is 0 Å². The Kier molecular flexibility index (Phi) is 6.09. The summed E-state index contributed by atoms with van der Waals surface area (Å²) in [5, 5.41) is 2.77. The minimum absolute atomic E-state index is 0.0756. The van der Waals surface area contributed by atoms with E-state index in [4.69, 9.17) is 0 Å². The Morgan fingerprint density at radius 3 is 2.58 bits per heavy atom. The van der Waals surface area contributed by atoms with Gasteiger partial charge in [0.15, 0.2) is 0 Å². The minimum Gasteiger partial charge on any atom is -0.336 e. The molecule has 0 aliphatic rings. The van der Waals surface area contributed by atoms with Crippen LogP contribution in [-0.2, 0) is 16.0 Å². The fourth-order valence-corrected chi connectivity index (χ4v) is 2.68. The van der Waals surface area contributed by atoms with Gasteiger partial charge in [0.1, 0.15) is 5.82 Å². The maximum Gasteiger partial charge on any atom is 0.243 e. The Morgan fingerprint density at radius 1 is 1.21 bits per heavy atom. The summed E-state index contributed by atoms with van der Waals surface area (Å²) in [7, 11) is 1.52. The van der Waals surface area contributed by atoms with E-state index in [-0.39, 0.29) is 24.8 Å². The van der Waals surface area contributed by atoms with Crippen molar-refractivity contribution < 1.29 is 14.0 Å². The standard InChI is InChI=1S/C18H18BrFN2O2/c1-12-9-14(19)7-8-16(12)21-17(23)11-22(2)18(24)10-13-5-3-4-6-15(13)20/h3-9H,10-11H2,1-2H3,(H,21,23). The van der Waals surface area contributed by atoms with Crippen LogP contribution >= 0.6 is 15.9 Å². The molecule has 4 nitrogen and oxygen atoms in total. The third-order valence-electron chi connectivity index (χ3n) is 3.57. The number of nitrogens with zero attached hydrogens (tertiary/aromatic N) is 1. The average Bonchev–Trinajstić information content (AvgIpc) is 2.52. The molecule has 0 fully saturated rings. The Morgan fingerprint density at radius 2 is 1.92 bits per heavy atom. The van der Waals surface area contributed by atoms with Crippen LogP contribution in [0.2, 0.25) is 0 Å². The molecule has 0 aromatic heterocycles. The summed E-state index contributed by atoms with van der Waals surface area (Å²) in [5.41, 5.74) is 1.93. The number of carbonyl (C=O) groups is 2. The van der Waals surface area contributed by atoms with Crippen molar-refractivity contribution in [3.63, 3.8) is 0 Å². The van der Waals surface area contributed by atoms with Crippen LogP contribution in [0.15, 0.2) is 46.9 Å². The first-order valence-corrected chi connectivity index (χ1v) is 8.19. The molecular formula is C18H18BrFN2O2. The number of anilines is 1. The van der Waals surface area contributed by atoms with Gasteiger partial charge in [0.2, 0.25) is 11.8 Å². The van der Waals surface area contributed by atoms with Gasteiger partial charge >= 0.3 is 0 Å². The van der Waals surface area contributed by atoms with Crippen LogP contribution < -0.4 is 5.32 Å². The van der Waals surface area contributed by atoms with Gasteiger partial charge in [0.05, 0.1) is 13.0 Å². The SMILES string of the molecule is Cc1cc(Br)ccc1NC(=O)CN(C)C(=O)Cc1ccccc1F. The zero-order chi connectivity index (χ0) is 17.7. The summed E-state index contributed by atoms with van der Waals surface area (Å²) in [6.07, 6.45) is -0.0756. The van der Waals surface area contributed by atoms with Crippen molar-refractivity contribution in [3.05, 3.63) is 63.9 Å². The molecule has 0 aliphatic carbocycles. The predicted molar refractivity (Wildman–Crippen MR) is 95.2 cm³/mol. The van der Waals surface area contributed by atoms with E-state index < -0.39 is 5.82 Å². The molecule has 24 heavy (non-hydrogen) atoms. The van der Waals surface area contributed by atoms with E-state index >= 15 is 0 Å². The normalized spacial score (nSPS) is 10.3. The van der Waals surface area contributed by atoms with E-state index in [1.807, 2.05) is 19.1 Å². The van der Waals surface area contributed by atoms with Crippen LogP contribution in [0.5, 0.6) is 0 Å². The van der Waals surface area contributed by atoms with Gasteiger partial charge in [0, 0.05) is 17.2 Å². The molecule has 0 spiro atoms. The Bertz CT molecular complexity index is 764. The molecular weight excluding hydrogens is 375 g/mol. The summed E-state index contributed by atoms with van der Waals surface area (Å²) in [6, 6.07) is 11.6. The number of carbonyl (C=O) groups excluding carboxylic acids is 2. The van der Waals surface area contributed by atoms with Gasteiger partial charge in [-0.1, -0.05) is 34.1 Å². The van der Waals surface area contributed by atoms with Gasteiger partial charge < -0.3 is 10.2 Å². The van der Waals surface area contributed by atoms with Gasteiger partial charge in [0.25, 0.3) is 0 Å². The van der Waals surface area contributed by atoms with Gasteiger partial charge in [-0.25, -0.2) is 4.39 Å². The van der Waals surface area contributed by atoms with Crippen LogP contribution in [0.4, 0.5) is 10.1 Å². The van der Waals surface area contributed by atoms with Crippen LogP contribution in [0.3, 0.4) is 0 Å². The number of benzene rings is 2. The number of amides is 2. The molecule has 0 radical (unpaired) electrons. The summed E-state index contributed by atoms with van der Waals surface area (Å²) in [6.45, 7) is 1.79. The number of halogens is 2. The molecule has 6 heteroatoms. The average molecular weight is 393 g/mol. The molecule has 0 heterocycles. The Hall–Kier alpha value is -2.21. The third kappa shape index (κ3) is 4.89. The zero-order valence-electron chi connectivity index (χ0n) is 13.5. The maximum absolute atomic E-state index is 13.6. The lowest BCUT2D eigenvalue weighted by Crippen LogP contribution is -2.36. The molecule has 2 amide bonds. The van der Waals surface area contributed by atoms with Crippen LogP contribution in [-0.4, -0.2) is 30.3 Å². The lowest BCUT2D eigenvalue weighted by molar-refractivity contribution is -0.132. The van der Waals surface area contributed by atoms with E-state index in [0.29, 0.717) is 11.3 Å². The molecule has 0 aliphatic heterocycles. The summed E-state index contributed by atoms with van der Waals surface area (Å²) >= 11 is 3.36. The fourth-order valence-electron chi connectivity index (χ4n) is 2.20. The highest BCUT2D eigenvalue weighted by atomic mass is 79.9. The number of nitrogens with one attached hydrogen (secondary N) is 1. The van der Waals surface area contributed by atoms with Crippen molar-refractivity contribution in [2.24, 2.45) is 0 Å². The van der Waals surface area contributed by atoms with E-state index in [9.17, 15) is 14.0 Å². The topological polar surface area (TPSA) is 49.4 Å². The second-order valence-electron chi connectivity index (χ2n) is 5.53. The van der Waals surface area contributed by atoms with E-state index in [1.165, 1.54) is 18.0 Å². The van der Waals surface area contributed by atoms with E-state index in [2.05, 4.69) is 21.2 Å². The molecule has 0 saturated carbocycles. The van der Waals surface area contributed by atoms with Crippen molar-refractivity contribution in [2.75, 3.05) is 18.9 Å². The summed E-state index contributed by atoms with van der Waals surface area (Å²) < 4.78 is 14.5. The van der Waals surface area contributed by atoms with Crippen molar-refractivity contribution >= 4 is 33.4 Å². The zero-order valence-corrected chi connectivity index (χ0v) is 15.1. The molecule has 2 aromatic carbocycles. The van der Waals surface area contributed by atoms with Crippen LogP contribution in [0.1, 0.15) is 11.1 Å².